The highest BCUT2D eigenvalue weighted by Gasteiger charge is 2.22. The Hall–Kier alpha value is -2.86. The van der Waals surface area contributed by atoms with Gasteiger partial charge in [-0.3, -0.25) is 9.20 Å². The third-order valence-corrected chi connectivity index (χ3v) is 5.73. The summed E-state index contributed by atoms with van der Waals surface area (Å²) in [5.74, 6) is 0.814. The molecule has 0 radical (unpaired) electrons. The van der Waals surface area contributed by atoms with Gasteiger partial charge in [-0.05, 0) is 55.6 Å². The zero-order chi connectivity index (χ0) is 18.9. The summed E-state index contributed by atoms with van der Waals surface area (Å²) in [5, 5.41) is 6.93. The van der Waals surface area contributed by atoms with Crippen LogP contribution in [0.5, 0.6) is 0 Å². The molecule has 0 saturated carbocycles. The van der Waals surface area contributed by atoms with E-state index in [0.717, 1.165) is 62.5 Å². The van der Waals surface area contributed by atoms with E-state index >= 15 is 0 Å². The van der Waals surface area contributed by atoms with Gasteiger partial charge in [0.25, 0.3) is 5.56 Å². The normalized spacial score (nSPS) is 19.4. The Labute approximate surface area is 164 Å². The van der Waals surface area contributed by atoms with Crippen LogP contribution < -0.4 is 21.1 Å². The molecule has 5 rings (SSSR count). The Morgan fingerprint density at radius 3 is 2.64 bits per heavy atom. The van der Waals surface area contributed by atoms with Gasteiger partial charge in [-0.1, -0.05) is 18.2 Å². The first-order valence-electron chi connectivity index (χ1n) is 10.1. The van der Waals surface area contributed by atoms with Crippen LogP contribution in [-0.4, -0.2) is 41.6 Å². The van der Waals surface area contributed by atoms with Crippen LogP contribution in [-0.2, 0) is 0 Å². The second-order valence-electron chi connectivity index (χ2n) is 7.65. The molecule has 2 aliphatic heterocycles. The van der Waals surface area contributed by atoms with Crippen LogP contribution in [0.3, 0.4) is 0 Å². The molecular formula is C22H25N5O. The highest BCUT2D eigenvalue weighted by molar-refractivity contribution is 5.78. The number of nitrogens with zero attached hydrogens (tertiary/aromatic N) is 3. The van der Waals surface area contributed by atoms with Crippen molar-refractivity contribution in [3.63, 3.8) is 0 Å². The molecule has 0 aliphatic carbocycles. The van der Waals surface area contributed by atoms with Crippen LogP contribution in [0.15, 0.2) is 53.5 Å². The molecule has 0 amide bonds. The SMILES string of the molecule is O=c1c(-c2ccc(NC3CCNC3)cc2)c(N2CCCC2)nc2ccccn12. The van der Waals surface area contributed by atoms with Crippen LogP contribution >= 0.6 is 0 Å². The van der Waals surface area contributed by atoms with Crippen LogP contribution in [0.25, 0.3) is 16.8 Å². The van der Waals surface area contributed by atoms with Crippen LogP contribution in [0, 0.1) is 0 Å². The number of hydrogen-bond donors (Lipinski definition) is 2. The first-order valence-corrected chi connectivity index (χ1v) is 10.1. The predicted octanol–water partition coefficient (Wildman–Crippen LogP) is 2.74. The van der Waals surface area contributed by atoms with Crippen molar-refractivity contribution in [1.29, 1.82) is 0 Å². The van der Waals surface area contributed by atoms with E-state index in [1.165, 1.54) is 0 Å². The third kappa shape index (κ3) is 3.14. The summed E-state index contributed by atoms with van der Waals surface area (Å²) in [6.07, 6.45) is 5.23. The Kier molecular flexibility index (Phi) is 4.49. The molecule has 0 spiro atoms. The van der Waals surface area contributed by atoms with Gasteiger partial charge in [0.05, 0.1) is 5.56 Å². The summed E-state index contributed by atoms with van der Waals surface area (Å²) >= 11 is 0. The summed E-state index contributed by atoms with van der Waals surface area (Å²) in [6.45, 7) is 3.97. The molecule has 6 nitrogen and oxygen atoms in total. The number of hydrogen-bond acceptors (Lipinski definition) is 5. The highest BCUT2D eigenvalue weighted by Crippen LogP contribution is 2.30. The summed E-state index contributed by atoms with van der Waals surface area (Å²) in [4.78, 5) is 20.5. The third-order valence-electron chi connectivity index (χ3n) is 5.73. The van der Waals surface area contributed by atoms with Crippen molar-refractivity contribution in [3.8, 4) is 11.1 Å². The number of benzene rings is 1. The second-order valence-corrected chi connectivity index (χ2v) is 7.65. The van der Waals surface area contributed by atoms with Crippen molar-refractivity contribution in [3.05, 3.63) is 59.0 Å². The zero-order valence-electron chi connectivity index (χ0n) is 15.9. The quantitative estimate of drug-likeness (QED) is 0.734. The predicted molar refractivity (Wildman–Crippen MR) is 113 cm³/mol. The fourth-order valence-electron chi connectivity index (χ4n) is 4.23. The van der Waals surface area contributed by atoms with Gasteiger partial charge in [0.2, 0.25) is 0 Å². The maximum Gasteiger partial charge on any atom is 0.267 e. The lowest BCUT2D eigenvalue weighted by Gasteiger charge is -2.21. The van der Waals surface area contributed by atoms with Crippen molar-refractivity contribution >= 4 is 17.2 Å². The topological polar surface area (TPSA) is 61.7 Å². The van der Waals surface area contributed by atoms with Gasteiger partial charge in [0.15, 0.2) is 0 Å². The lowest BCUT2D eigenvalue weighted by atomic mass is 10.1. The fraction of sp³-hybridized carbons (Fsp3) is 0.364. The van der Waals surface area contributed by atoms with E-state index in [0.29, 0.717) is 17.3 Å². The van der Waals surface area contributed by atoms with Crippen LogP contribution in [0.1, 0.15) is 19.3 Å². The van der Waals surface area contributed by atoms with Gasteiger partial charge < -0.3 is 15.5 Å². The van der Waals surface area contributed by atoms with Crippen molar-refractivity contribution in [2.45, 2.75) is 25.3 Å². The molecule has 28 heavy (non-hydrogen) atoms. The molecule has 4 heterocycles. The first-order chi connectivity index (χ1) is 13.8. The molecule has 6 heteroatoms. The molecule has 0 bridgehead atoms. The van der Waals surface area contributed by atoms with E-state index in [1.54, 1.807) is 10.6 Å². The Balaban J connectivity index is 1.57. The van der Waals surface area contributed by atoms with E-state index in [1.807, 2.05) is 30.3 Å². The Morgan fingerprint density at radius 2 is 1.89 bits per heavy atom. The molecule has 2 N–H and O–H groups in total. The van der Waals surface area contributed by atoms with E-state index in [9.17, 15) is 4.79 Å². The number of rotatable bonds is 4. The number of nitrogens with one attached hydrogen (secondary N) is 2. The minimum Gasteiger partial charge on any atom is -0.381 e. The molecule has 2 saturated heterocycles. The smallest absolute Gasteiger partial charge is 0.267 e. The lowest BCUT2D eigenvalue weighted by Crippen LogP contribution is -2.26. The average molecular weight is 375 g/mol. The maximum absolute atomic E-state index is 13.3. The van der Waals surface area contributed by atoms with Crippen molar-refractivity contribution in [1.82, 2.24) is 14.7 Å². The molecule has 144 valence electrons. The number of anilines is 2. The summed E-state index contributed by atoms with van der Waals surface area (Å²) in [7, 11) is 0. The first kappa shape index (κ1) is 17.3. The van der Waals surface area contributed by atoms with Crippen molar-refractivity contribution in [2.24, 2.45) is 0 Å². The molecule has 3 aromatic rings. The molecule has 2 aromatic heterocycles. The van der Waals surface area contributed by atoms with Gasteiger partial charge in [-0.2, -0.15) is 0 Å². The summed E-state index contributed by atoms with van der Waals surface area (Å²) in [5.41, 5.74) is 3.40. The Bertz CT molecular complexity index is 1030. The van der Waals surface area contributed by atoms with Crippen molar-refractivity contribution in [2.75, 3.05) is 36.4 Å². The van der Waals surface area contributed by atoms with E-state index < -0.39 is 0 Å². The minimum atomic E-state index is -0.00629. The number of fused-ring (bicyclic) bond motifs is 1. The molecular weight excluding hydrogens is 350 g/mol. The van der Waals surface area contributed by atoms with Crippen LogP contribution in [0.4, 0.5) is 11.5 Å². The van der Waals surface area contributed by atoms with Crippen molar-refractivity contribution < 1.29 is 0 Å². The highest BCUT2D eigenvalue weighted by atomic mass is 16.1. The van der Waals surface area contributed by atoms with E-state index in [-0.39, 0.29) is 5.56 Å². The second kappa shape index (κ2) is 7.28. The number of aromatic nitrogens is 2. The molecule has 2 aliphatic rings. The van der Waals surface area contributed by atoms with Gasteiger partial charge in [-0.25, -0.2) is 4.98 Å². The molecule has 1 atom stereocenters. The maximum atomic E-state index is 13.3. The fourth-order valence-corrected chi connectivity index (χ4v) is 4.23. The standard InChI is InChI=1S/C22H25N5O/c28-22-20(16-6-8-17(9-7-16)24-18-10-11-23-15-18)21(26-12-3-4-13-26)25-19-5-1-2-14-27(19)22/h1-2,5-9,14,18,23-24H,3-4,10-13,15H2. The van der Waals surface area contributed by atoms with Crippen LogP contribution in [0.2, 0.25) is 0 Å². The lowest BCUT2D eigenvalue weighted by molar-refractivity contribution is 0.793. The summed E-state index contributed by atoms with van der Waals surface area (Å²) in [6, 6.07) is 14.4. The molecule has 1 unspecified atom stereocenters. The van der Waals surface area contributed by atoms with E-state index in [2.05, 4.69) is 27.7 Å². The molecule has 1 aromatic carbocycles. The van der Waals surface area contributed by atoms with Gasteiger partial charge in [0, 0.05) is 37.6 Å². The summed E-state index contributed by atoms with van der Waals surface area (Å²) < 4.78 is 1.64. The monoisotopic (exact) mass is 375 g/mol. The van der Waals surface area contributed by atoms with Gasteiger partial charge in [-0.15, -0.1) is 0 Å². The van der Waals surface area contributed by atoms with Gasteiger partial charge in [0.1, 0.15) is 11.5 Å². The minimum absolute atomic E-state index is 0.00629. The largest absolute Gasteiger partial charge is 0.381 e. The average Bonchev–Trinajstić information content (AvgIpc) is 3.43. The number of pyridine rings is 1. The zero-order valence-corrected chi connectivity index (χ0v) is 15.9. The Morgan fingerprint density at radius 1 is 1.07 bits per heavy atom. The molecule has 2 fully saturated rings. The van der Waals surface area contributed by atoms with E-state index in [4.69, 9.17) is 4.98 Å². The van der Waals surface area contributed by atoms with Gasteiger partial charge >= 0.3 is 0 Å².